The highest BCUT2D eigenvalue weighted by Gasteiger charge is 2.43. The summed E-state index contributed by atoms with van der Waals surface area (Å²) in [5.74, 6) is 2.62. The first kappa shape index (κ1) is 16.4. The summed E-state index contributed by atoms with van der Waals surface area (Å²) in [7, 11) is 0. The number of imide groups is 1. The lowest BCUT2D eigenvalue weighted by Crippen LogP contribution is -2.34. The molecule has 24 heavy (non-hydrogen) atoms. The normalized spacial score (nSPS) is 18.2. The molecule has 1 unspecified atom stereocenters. The van der Waals surface area contributed by atoms with E-state index in [0.29, 0.717) is 28.7 Å². The summed E-state index contributed by atoms with van der Waals surface area (Å²) in [6.07, 6.45) is 8.34. The average molecular weight is 345 g/mol. The highest BCUT2D eigenvalue weighted by molar-refractivity contribution is 6.37. The minimum absolute atomic E-state index is 0.312. The molecule has 0 saturated carbocycles. The molecule has 3 amide bonds. The molecule has 0 bridgehead atoms. The van der Waals surface area contributed by atoms with Crippen molar-refractivity contribution in [1.29, 1.82) is 0 Å². The lowest BCUT2D eigenvalue weighted by Gasteiger charge is -2.20. The van der Waals surface area contributed by atoms with Crippen molar-refractivity contribution in [2.75, 3.05) is 11.4 Å². The van der Waals surface area contributed by atoms with E-state index in [1.807, 2.05) is 6.92 Å². The molecule has 1 saturated heterocycles. The van der Waals surface area contributed by atoms with Gasteiger partial charge in [-0.25, -0.2) is 9.69 Å². The number of urea groups is 1. The molecular formula is C18H17ClN2O3. The molecule has 6 heteroatoms. The zero-order valence-corrected chi connectivity index (χ0v) is 14.3. The van der Waals surface area contributed by atoms with Crippen molar-refractivity contribution >= 4 is 29.2 Å². The fourth-order valence-corrected chi connectivity index (χ4v) is 3.12. The maximum Gasteiger partial charge on any atom is 0.336 e. The van der Waals surface area contributed by atoms with E-state index < -0.39 is 6.10 Å². The lowest BCUT2D eigenvalue weighted by atomic mass is 10.1. The summed E-state index contributed by atoms with van der Waals surface area (Å²) in [6.45, 7) is 4.10. The monoisotopic (exact) mass is 344 g/mol. The number of benzene rings is 1. The van der Waals surface area contributed by atoms with Gasteiger partial charge >= 0.3 is 6.03 Å². The van der Waals surface area contributed by atoms with Gasteiger partial charge in [-0.1, -0.05) is 23.6 Å². The number of hydrogen-bond acceptors (Lipinski definition) is 3. The van der Waals surface area contributed by atoms with Gasteiger partial charge in [-0.2, -0.15) is 0 Å². The zero-order chi connectivity index (χ0) is 17.4. The number of fused-ring (bicyclic) bond motifs is 1. The first-order valence-corrected chi connectivity index (χ1v) is 8.11. The van der Waals surface area contributed by atoms with Gasteiger partial charge in [0.05, 0.1) is 10.7 Å². The van der Waals surface area contributed by atoms with Crippen molar-refractivity contribution in [1.82, 2.24) is 4.90 Å². The quantitative estimate of drug-likeness (QED) is 0.623. The predicted molar refractivity (Wildman–Crippen MR) is 92.0 cm³/mol. The summed E-state index contributed by atoms with van der Waals surface area (Å²) in [6, 6.07) is 2.88. The van der Waals surface area contributed by atoms with E-state index in [2.05, 4.69) is 5.92 Å². The van der Waals surface area contributed by atoms with Crippen molar-refractivity contribution in [3.8, 4) is 18.1 Å². The second-order valence-corrected chi connectivity index (χ2v) is 6.21. The number of carbonyl (C=O) groups excluding carboxylic acids is 2. The van der Waals surface area contributed by atoms with E-state index in [9.17, 15) is 9.59 Å². The molecule has 0 aromatic heterocycles. The molecule has 0 N–H and O–H groups in total. The Bertz CT molecular complexity index is 794. The third-order valence-corrected chi connectivity index (χ3v) is 4.39. The predicted octanol–water partition coefficient (Wildman–Crippen LogP) is 3.50. The first-order valence-electron chi connectivity index (χ1n) is 7.73. The fourth-order valence-electron chi connectivity index (χ4n) is 2.82. The number of halogens is 1. The van der Waals surface area contributed by atoms with Gasteiger partial charge in [0.2, 0.25) is 0 Å². The van der Waals surface area contributed by atoms with Crippen LogP contribution in [0.2, 0.25) is 5.02 Å². The van der Waals surface area contributed by atoms with Gasteiger partial charge in [0.15, 0.2) is 6.10 Å². The van der Waals surface area contributed by atoms with Crippen LogP contribution in [0.3, 0.4) is 0 Å². The second kappa shape index (κ2) is 6.21. The largest absolute Gasteiger partial charge is 0.478 e. The van der Waals surface area contributed by atoms with E-state index >= 15 is 0 Å². The molecule has 0 spiro atoms. The van der Waals surface area contributed by atoms with E-state index in [0.717, 1.165) is 23.3 Å². The Labute approximate surface area is 145 Å². The van der Waals surface area contributed by atoms with E-state index in [1.54, 1.807) is 25.1 Å². The maximum absolute atomic E-state index is 12.6. The standard InChI is InChI=1S/C18H17ClN2O3/c1-4-12(3)24-16-10-15(13(19)9-11(16)2)21-17(22)14-7-5-6-8-20(14)18(21)23/h1,7,9-10,12H,5-6,8H2,2-3H3. The van der Waals surface area contributed by atoms with Gasteiger partial charge in [0.1, 0.15) is 11.4 Å². The summed E-state index contributed by atoms with van der Waals surface area (Å²) in [4.78, 5) is 27.9. The number of allylic oxidation sites excluding steroid dienone is 1. The van der Waals surface area contributed by atoms with Crippen LogP contribution >= 0.6 is 11.6 Å². The Hall–Kier alpha value is -2.45. The third kappa shape index (κ3) is 2.63. The van der Waals surface area contributed by atoms with Crippen molar-refractivity contribution in [2.45, 2.75) is 32.8 Å². The molecular weight excluding hydrogens is 328 g/mol. The zero-order valence-electron chi connectivity index (χ0n) is 13.5. The number of terminal acetylenes is 1. The topological polar surface area (TPSA) is 49.9 Å². The highest BCUT2D eigenvalue weighted by atomic mass is 35.5. The third-order valence-electron chi connectivity index (χ3n) is 4.08. The molecule has 1 aromatic carbocycles. The van der Waals surface area contributed by atoms with Crippen LogP contribution in [0.5, 0.6) is 5.75 Å². The number of aryl methyl sites for hydroxylation is 1. The number of anilines is 1. The molecule has 1 atom stereocenters. The number of rotatable bonds is 3. The van der Waals surface area contributed by atoms with Gasteiger partial charge in [0, 0.05) is 12.6 Å². The molecule has 3 rings (SSSR count). The van der Waals surface area contributed by atoms with Gasteiger partial charge in [-0.3, -0.25) is 9.69 Å². The van der Waals surface area contributed by atoms with Crippen molar-refractivity contribution in [3.63, 3.8) is 0 Å². The number of nitrogens with zero attached hydrogens (tertiary/aromatic N) is 2. The van der Waals surface area contributed by atoms with Crippen LogP contribution in [0.4, 0.5) is 10.5 Å². The smallest absolute Gasteiger partial charge is 0.336 e. The molecule has 5 nitrogen and oxygen atoms in total. The molecule has 0 radical (unpaired) electrons. The highest BCUT2D eigenvalue weighted by Crippen LogP contribution is 2.38. The Kier molecular flexibility index (Phi) is 4.25. The van der Waals surface area contributed by atoms with Crippen LogP contribution in [-0.4, -0.2) is 29.5 Å². The molecule has 1 fully saturated rings. The van der Waals surface area contributed by atoms with Crippen molar-refractivity contribution in [3.05, 3.63) is 34.5 Å². The molecule has 2 aliphatic heterocycles. The van der Waals surface area contributed by atoms with Crippen molar-refractivity contribution in [2.24, 2.45) is 0 Å². The van der Waals surface area contributed by atoms with Crippen LogP contribution < -0.4 is 9.64 Å². The Balaban J connectivity index is 2.03. The minimum Gasteiger partial charge on any atom is -0.478 e. The van der Waals surface area contributed by atoms with E-state index in [4.69, 9.17) is 22.8 Å². The van der Waals surface area contributed by atoms with Gasteiger partial charge in [-0.05, 0) is 38.3 Å². The van der Waals surface area contributed by atoms with Crippen LogP contribution in [0.1, 0.15) is 25.3 Å². The Morgan fingerprint density at radius 1 is 1.38 bits per heavy atom. The first-order chi connectivity index (χ1) is 11.4. The second-order valence-electron chi connectivity index (χ2n) is 5.80. The number of amides is 3. The molecule has 1 aromatic rings. The summed E-state index contributed by atoms with van der Waals surface area (Å²) in [5.41, 5.74) is 1.51. The van der Waals surface area contributed by atoms with Crippen LogP contribution in [-0.2, 0) is 4.79 Å². The van der Waals surface area contributed by atoms with Gasteiger partial charge < -0.3 is 4.74 Å². The maximum atomic E-state index is 12.6. The SMILES string of the molecule is C#CC(C)Oc1cc(N2C(=O)C3=CCCCN3C2=O)c(Cl)cc1C. The van der Waals surface area contributed by atoms with E-state index in [-0.39, 0.29) is 11.9 Å². The Morgan fingerprint density at radius 3 is 2.79 bits per heavy atom. The summed E-state index contributed by atoms with van der Waals surface area (Å²) in [5, 5.41) is 0.315. The number of carbonyl (C=O) groups is 2. The van der Waals surface area contributed by atoms with Crippen LogP contribution in [0, 0.1) is 19.3 Å². The van der Waals surface area contributed by atoms with Gasteiger partial charge in [-0.15, -0.1) is 6.42 Å². The van der Waals surface area contributed by atoms with Crippen LogP contribution in [0.25, 0.3) is 0 Å². The molecule has 0 aliphatic carbocycles. The van der Waals surface area contributed by atoms with Gasteiger partial charge in [0.25, 0.3) is 5.91 Å². The number of hydrogen-bond donors (Lipinski definition) is 0. The Morgan fingerprint density at radius 2 is 2.12 bits per heavy atom. The number of ether oxygens (including phenoxy) is 1. The summed E-state index contributed by atoms with van der Waals surface area (Å²) < 4.78 is 5.67. The van der Waals surface area contributed by atoms with Crippen molar-refractivity contribution < 1.29 is 14.3 Å². The van der Waals surface area contributed by atoms with Crippen LogP contribution in [0.15, 0.2) is 23.9 Å². The molecule has 124 valence electrons. The minimum atomic E-state index is -0.434. The fraction of sp³-hybridized carbons (Fsp3) is 0.333. The molecule has 2 heterocycles. The summed E-state index contributed by atoms with van der Waals surface area (Å²) >= 11 is 6.30. The van der Waals surface area contributed by atoms with E-state index in [1.165, 1.54) is 4.90 Å². The molecule has 2 aliphatic rings. The average Bonchev–Trinajstić information content (AvgIpc) is 2.82. The lowest BCUT2D eigenvalue weighted by molar-refractivity contribution is -0.114.